The van der Waals surface area contributed by atoms with Crippen LogP contribution in [0, 0.1) is 17.7 Å². The van der Waals surface area contributed by atoms with E-state index >= 15 is 0 Å². The molecule has 2 saturated heterocycles. The number of ether oxygens (including phenoxy) is 7. The Hall–Kier alpha value is -4.48. The molecule has 2 aromatic carbocycles. The zero-order chi connectivity index (χ0) is 45.7. The molecule has 6 N–H and O–H groups in total. The van der Waals surface area contributed by atoms with Gasteiger partial charge in [0.15, 0.2) is 24.8 Å². The predicted octanol–water partition coefficient (Wildman–Crippen LogP) is 1.92. The summed E-state index contributed by atoms with van der Waals surface area (Å²) in [6, 6.07) is 12.4. The molecule has 19 nitrogen and oxygen atoms in total. The molecule has 20 heteroatoms. The van der Waals surface area contributed by atoms with Gasteiger partial charge in [0.05, 0.1) is 49.6 Å². The Morgan fingerprint density at radius 1 is 0.875 bits per heavy atom. The van der Waals surface area contributed by atoms with Gasteiger partial charge in [-0.1, -0.05) is 67.6 Å². The molecule has 4 aliphatic rings. The van der Waals surface area contributed by atoms with Crippen LogP contribution in [0.2, 0.25) is 0 Å². The first-order valence-corrected chi connectivity index (χ1v) is 21.6. The van der Waals surface area contributed by atoms with Crippen LogP contribution in [-0.4, -0.2) is 157 Å². The number of benzene rings is 2. The third kappa shape index (κ3) is 10.8. The maximum absolute atomic E-state index is 14.3. The van der Waals surface area contributed by atoms with Crippen LogP contribution >= 0.6 is 0 Å². The summed E-state index contributed by atoms with van der Waals surface area (Å²) >= 11 is 0. The largest absolute Gasteiger partial charge is 0.479 e. The van der Waals surface area contributed by atoms with E-state index < -0.39 is 122 Å². The van der Waals surface area contributed by atoms with Crippen molar-refractivity contribution in [2.75, 3.05) is 13.7 Å². The van der Waals surface area contributed by atoms with Crippen molar-refractivity contribution in [1.82, 2.24) is 15.0 Å². The second-order valence-corrected chi connectivity index (χ2v) is 16.9. The molecule has 350 valence electrons. The molecular formula is C44H56FN3O16. The van der Waals surface area contributed by atoms with Crippen molar-refractivity contribution in [2.45, 2.75) is 144 Å². The summed E-state index contributed by atoms with van der Waals surface area (Å²) in [5, 5.41) is 73.6. The van der Waals surface area contributed by atoms with Gasteiger partial charge >= 0.3 is 17.9 Å². The number of halogens is 1. The summed E-state index contributed by atoms with van der Waals surface area (Å²) in [6.07, 6.45) is -14.5. The molecule has 0 amide bonds. The first-order chi connectivity index (χ1) is 30.8. The van der Waals surface area contributed by atoms with Gasteiger partial charge in [-0.15, -0.1) is 5.10 Å². The van der Waals surface area contributed by atoms with Crippen molar-refractivity contribution >= 4 is 17.9 Å². The van der Waals surface area contributed by atoms with Crippen LogP contribution < -0.4 is 0 Å². The van der Waals surface area contributed by atoms with Gasteiger partial charge in [0, 0.05) is 5.56 Å². The Labute approximate surface area is 367 Å². The van der Waals surface area contributed by atoms with E-state index in [4.69, 9.17) is 33.2 Å². The van der Waals surface area contributed by atoms with Crippen LogP contribution in [0.3, 0.4) is 0 Å². The Bertz CT molecular complexity index is 2020. The summed E-state index contributed by atoms with van der Waals surface area (Å²) in [7, 11) is 1.19. The quantitative estimate of drug-likeness (QED) is 0.119. The highest BCUT2D eigenvalue weighted by Gasteiger charge is 2.55. The number of aliphatic hydroxyl groups is 5. The molecule has 1 aromatic heterocycles. The van der Waals surface area contributed by atoms with E-state index in [9.17, 15) is 49.4 Å². The Balaban J connectivity index is 1.29. The Morgan fingerprint density at radius 3 is 2.31 bits per heavy atom. The van der Waals surface area contributed by atoms with Crippen molar-refractivity contribution in [3.8, 4) is 11.3 Å². The number of hydrogen-bond donors (Lipinski definition) is 6. The molecule has 3 heterocycles. The van der Waals surface area contributed by atoms with Crippen molar-refractivity contribution < 1.29 is 82.6 Å². The number of carbonyl (C=O) groups excluding carboxylic acids is 2. The maximum atomic E-state index is 14.3. The summed E-state index contributed by atoms with van der Waals surface area (Å²) in [4.78, 5) is 40.1. The fourth-order valence-electron chi connectivity index (χ4n) is 9.11. The highest BCUT2D eigenvalue weighted by Crippen LogP contribution is 2.42. The first kappa shape index (κ1) is 47.5. The topological polar surface area (TPSA) is 268 Å². The normalized spacial score (nSPS) is 34.1. The monoisotopic (exact) mass is 901 g/mol. The summed E-state index contributed by atoms with van der Waals surface area (Å²) in [5.41, 5.74) is 0.691. The van der Waals surface area contributed by atoms with Crippen LogP contribution in [0.4, 0.5) is 4.39 Å². The van der Waals surface area contributed by atoms with Gasteiger partial charge in [0.25, 0.3) is 0 Å². The van der Waals surface area contributed by atoms with Crippen LogP contribution in [0.25, 0.3) is 11.3 Å². The molecule has 2 aliphatic carbocycles. The first-order valence-electron chi connectivity index (χ1n) is 21.6. The van der Waals surface area contributed by atoms with Crippen LogP contribution in [0.15, 0.2) is 60.8 Å². The number of carboxylic acids is 1. The number of nitrogens with zero attached hydrogens (tertiary/aromatic N) is 3. The van der Waals surface area contributed by atoms with E-state index in [1.54, 1.807) is 24.3 Å². The third-order valence-electron chi connectivity index (χ3n) is 12.6. The minimum atomic E-state index is -1.81. The number of hydrogen-bond acceptors (Lipinski definition) is 17. The molecule has 2 saturated carbocycles. The van der Waals surface area contributed by atoms with Crippen LogP contribution in [-0.2, 0) is 42.7 Å². The standard InChI is InChI=1S/C44H56FN3O16/c1-22-33(50)35(52)36(53)43(59-22)64-37-29(48-20-28(46-47-48)25-14-9-15-27(45)17-25)18-26(41(56)58-2)19-30(37)61-44-39(63-42(57)24-12-7-4-8-13-24)38(34(51)32(21-49)62-44)60-31(40(54)55)16-23-10-5-3-6-11-23/h4,7-9,12-15,17,20,22-23,26,29-39,43-44,49-53H,3,5-6,10-11,16,18-19,21H2,1-2H3,(H,54,55)/t22?,26?,29?,30?,31-,32?,33?,34?,35?,36?,37?,38?,39?,43?,44?/m0/s1. The van der Waals surface area contributed by atoms with Gasteiger partial charge in [-0.2, -0.15) is 0 Å². The van der Waals surface area contributed by atoms with Crippen molar-refractivity contribution in [2.24, 2.45) is 11.8 Å². The summed E-state index contributed by atoms with van der Waals surface area (Å²) in [6.45, 7) is 0.639. The molecule has 15 atom stereocenters. The number of aromatic nitrogens is 3. The highest BCUT2D eigenvalue weighted by atomic mass is 19.1. The predicted molar refractivity (Wildman–Crippen MR) is 216 cm³/mol. The van der Waals surface area contributed by atoms with Gasteiger partial charge < -0.3 is 63.8 Å². The number of carbonyl (C=O) groups is 3. The minimum absolute atomic E-state index is 0.00287. The van der Waals surface area contributed by atoms with Gasteiger partial charge in [0.1, 0.15) is 54.2 Å². The molecule has 14 unspecified atom stereocenters. The smallest absolute Gasteiger partial charge is 0.338 e. The van der Waals surface area contributed by atoms with Gasteiger partial charge in [-0.3, -0.25) is 4.79 Å². The molecule has 2 aliphatic heterocycles. The van der Waals surface area contributed by atoms with E-state index in [-0.39, 0.29) is 36.4 Å². The number of methoxy groups -OCH3 is 1. The molecule has 0 bridgehead atoms. The zero-order valence-electron chi connectivity index (χ0n) is 35.4. The Morgan fingerprint density at radius 2 is 1.62 bits per heavy atom. The summed E-state index contributed by atoms with van der Waals surface area (Å²) < 4.78 is 58.2. The lowest BCUT2D eigenvalue weighted by molar-refractivity contribution is -0.349. The fourth-order valence-corrected chi connectivity index (χ4v) is 9.11. The zero-order valence-corrected chi connectivity index (χ0v) is 35.4. The number of aliphatic carboxylic acids is 1. The SMILES string of the molecule is COC(=O)C1CC(OC2OC(CO)C(O)C(O[C@@H](CC3CCCCC3)C(=O)O)C2OC(=O)c2ccccc2)C(OC2OC(C)C(O)C(O)C2O)C(n2cc(-c3cccc(F)c3)nn2)C1. The molecule has 64 heavy (non-hydrogen) atoms. The molecular weight excluding hydrogens is 845 g/mol. The molecule has 3 aromatic rings. The Kier molecular flexibility index (Phi) is 15.7. The van der Waals surface area contributed by atoms with E-state index in [2.05, 4.69) is 10.3 Å². The van der Waals surface area contributed by atoms with E-state index in [0.717, 1.165) is 32.1 Å². The lowest BCUT2D eigenvalue weighted by Crippen LogP contribution is -2.64. The number of carboxylic acid groups (broad SMARTS) is 1. The highest BCUT2D eigenvalue weighted by molar-refractivity contribution is 5.89. The lowest BCUT2D eigenvalue weighted by Gasteiger charge is -2.48. The third-order valence-corrected chi connectivity index (χ3v) is 12.6. The van der Waals surface area contributed by atoms with Gasteiger partial charge in [-0.05, 0) is 56.4 Å². The average Bonchev–Trinajstić information content (AvgIpc) is 3.80. The molecule has 7 rings (SSSR count). The van der Waals surface area contributed by atoms with E-state index in [1.165, 1.54) is 55.2 Å². The van der Waals surface area contributed by atoms with Crippen molar-refractivity contribution in [3.05, 3.63) is 72.2 Å². The molecule has 0 radical (unpaired) electrons. The molecule has 4 fully saturated rings. The lowest BCUT2D eigenvalue weighted by atomic mass is 9.81. The van der Waals surface area contributed by atoms with E-state index in [1.807, 2.05) is 0 Å². The number of aliphatic hydroxyl groups excluding tert-OH is 5. The van der Waals surface area contributed by atoms with Crippen molar-refractivity contribution in [1.29, 1.82) is 0 Å². The van der Waals surface area contributed by atoms with Gasteiger partial charge in [-0.25, -0.2) is 18.7 Å². The second-order valence-electron chi connectivity index (χ2n) is 16.9. The van der Waals surface area contributed by atoms with Crippen molar-refractivity contribution in [3.63, 3.8) is 0 Å². The average molecular weight is 902 g/mol. The van der Waals surface area contributed by atoms with Crippen LogP contribution in [0.1, 0.15) is 74.7 Å². The summed E-state index contributed by atoms with van der Waals surface area (Å²) in [5.74, 6) is -4.40. The number of rotatable bonds is 15. The van der Waals surface area contributed by atoms with E-state index in [0.29, 0.717) is 5.56 Å². The fraction of sp³-hybridized carbons (Fsp3) is 0.614. The number of esters is 2. The van der Waals surface area contributed by atoms with Gasteiger partial charge in [0.2, 0.25) is 0 Å². The minimum Gasteiger partial charge on any atom is -0.479 e. The van der Waals surface area contributed by atoms with Crippen LogP contribution in [0.5, 0.6) is 0 Å². The maximum Gasteiger partial charge on any atom is 0.338 e. The second kappa shape index (κ2) is 21.2. The molecule has 0 spiro atoms.